The molecule has 5 N–H and O–H groups in total. The van der Waals surface area contributed by atoms with Crippen LogP contribution in [-0.4, -0.2) is 122 Å². The molecule has 3 aromatic heterocycles. The molecule has 5 aromatic carbocycles. The van der Waals surface area contributed by atoms with Crippen molar-refractivity contribution in [2.24, 2.45) is 0 Å². The molecular weight excluding hydrogens is 1230 g/mol. The van der Waals surface area contributed by atoms with Crippen molar-refractivity contribution in [2.45, 2.75) is 25.5 Å². The molecule has 0 amide bonds. The molecule has 89 heavy (non-hydrogen) atoms. The third kappa shape index (κ3) is 19.4. The number of methoxy groups -OCH3 is 2. The number of aromatic nitrogens is 6. The molecule has 0 spiro atoms. The molecule has 1 saturated heterocycles. The van der Waals surface area contributed by atoms with E-state index in [4.69, 9.17) is 9.47 Å². The van der Waals surface area contributed by atoms with Gasteiger partial charge in [0.15, 0.2) is 11.5 Å². The van der Waals surface area contributed by atoms with Gasteiger partial charge in [-0.05, 0) is 157 Å². The Hall–Kier alpha value is -8.24. The second-order valence-corrected chi connectivity index (χ2v) is 31.0. The van der Waals surface area contributed by atoms with Crippen molar-refractivity contribution in [3.05, 3.63) is 156 Å². The molecule has 1 fully saturated rings. The third-order valence-corrected chi connectivity index (χ3v) is 17.9. The Labute approximate surface area is 508 Å². The molecule has 30 heteroatoms. The summed E-state index contributed by atoms with van der Waals surface area (Å²) >= 11 is 0. The van der Waals surface area contributed by atoms with Crippen LogP contribution in [-0.2, 0) is 32.2 Å². The van der Waals surface area contributed by atoms with Crippen molar-refractivity contribution in [3.8, 4) is 11.5 Å². The normalized spacial score (nSPS) is 13.2. The van der Waals surface area contributed by atoms with Gasteiger partial charge in [-0.25, -0.2) is 15.0 Å². The second kappa shape index (κ2) is 28.1. The van der Waals surface area contributed by atoms with Gasteiger partial charge in [0.05, 0.1) is 14.2 Å². The number of likely N-dealkylation sites (N-methyl/N-ethyl adjacent to an activating group) is 1. The van der Waals surface area contributed by atoms with E-state index in [1.807, 2.05) is 20.0 Å². The minimum atomic E-state index is -4.66. The lowest BCUT2D eigenvalue weighted by Gasteiger charge is -2.34. The molecule has 0 unspecified atom stereocenters. The van der Waals surface area contributed by atoms with Gasteiger partial charge >= 0.3 is 18.5 Å². The molecule has 1 aliphatic heterocycles. The smallest absolute Gasteiger partial charge is 0.421 e. The van der Waals surface area contributed by atoms with Gasteiger partial charge in [-0.3, -0.25) is 0 Å². The summed E-state index contributed by atoms with van der Waals surface area (Å²) in [6.07, 6.45) is -11.5. The first-order valence-electron chi connectivity index (χ1n) is 26.9. The van der Waals surface area contributed by atoms with Crippen LogP contribution in [0.3, 0.4) is 0 Å². The number of alkyl halides is 9. The van der Waals surface area contributed by atoms with Gasteiger partial charge in [-0.2, -0.15) is 54.5 Å². The van der Waals surface area contributed by atoms with Crippen molar-refractivity contribution in [3.63, 3.8) is 0 Å². The largest absolute Gasteiger partial charge is 0.493 e. The molecule has 1 aliphatic rings. The predicted octanol–water partition coefficient (Wildman–Crippen LogP) is 14.0. The summed E-state index contributed by atoms with van der Waals surface area (Å²) in [5.74, 6) is -0.0301. The number of hydrogen-bond donors (Lipinski definition) is 5. The van der Waals surface area contributed by atoms with Crippen molar-refractivity contribution >= 4 is 101 Å². The van der Waals surface area contributed by atoms with E-state index in [9.17, 15) is 53.2 Å². The molecule has 474 valence electrons. The standard InChI is InChI=1S/C21H22F3N4O3P.C20H20F3N4OP.C18H23F3N5OP/c1-30-17-10-7-14(11-18(17)31-2)26-19-16(21(22,23)24)12-25-20(28-19)27-13-5-8-15(9-6-13)32(3,4)29;1-13-5-4-6-15(11-13)25-18-17(20(21,22)23)12-24-19(27-18)26-14-7-9-16(10-8-14)29(2,3)28;1-25-8-10-26(11-9-25)16-15(18(19,20)21)12-22-17(24-16)23-13-4-6-14(7-5-13)28(2,3)27/h5-12H,1-4H3,(H2,25,26,27,28);4-12H,1-3H3,(H2,24,25,26,27);4-7,12H,8-11H2,1-3H3,(H,22,23,24). The maximum Gasteiger partial charge on any atom is 0.421 e. The maximum absolute atomic E-state index is 13.5. The average molecular weight is 1300 g/mol. The average Bonchev–Trinajstić information content (AvgIpc) is 3.57. The zero-order valence-corrected chi connectivity index (χ0v) is 52.6. The number of ether oxygens (including phenoxy) is 2. The zero-order chi connectivity index (χ0) is 65.3. The van der Waals surface area contributed by atoms with E-state index >= 15 is 0 Å². The quantitative estimate of drug-likeness (QED) is 0.0449. The molecule has 0 atom stereocenters. The van der Waals surface area contributed by atoms with E-state index in [0.717, 1.165) is 23.3 Å². The molecule has 4 heterocycles. The minimum absolute atomic E-state index is 0.0112. The number of anilines is 11. The highest BCUT2D eigenvalue weighted by atomic mass is 31.2. The Balaban J connectivity index is 0.000000191. The Bertz CT molecular complexity index is 3880. The van der Waals surface area contributed by atoms with Gasteiger partial charge in [0.1, 0.15) is 55.6 Å². The van der Waals surface area contributed by atoms with E-state index in [1.165, 1.54) is 20.3 Å². The second-order valence-electron chi connectivity index (χ2n) is 21.4. The molecule has 9 rings (SSSR count). The van der Waals surface area contributed by atoms with Crippen molar-refractivity contribution in [1.29, 1.82) is 0 Å². The monoisotopic (exact) mass is 1300 g/mol. The van der Waals surface area contributed by atoms with Crippen molar-refractivity contribution in [2.75, 3.05) is 119 Å². The maximum atomic E-state index is 13.5. The summed E-state index contributed by atoms with van der Waals surface area (Å²) in [4.78, 5) is 27.3. The van der Waals surface area contributed by atoms with E-state index in [0.29, 0.717) is 82.9 Å². The number of piperazine rings is 1. The van der Waals surface area contributed by atoms with Crippen LogP contribution in [0, 0.1) is 6.92 Å². The highest BCUT2D eigenvalue weighted by Crippen LogP contribution is 2.41. The van der Waals surface area contributed by atoms with Crippen molar-refractivity contribution in [1.82, 2.24) is 34.8 Å². The van der Waals surface area contributed by atoms with Gasteiger partial charge in [0, 0.05) is 95.2 Å². The Morgan fingerprint density at radius 2 is 0.798 bits per heavy atom. The van der Waals surface area contributed by atoms with E-state index in [2.05, 4.69) is 61.4 Å². The minimum Gasteiger partial charge on any atom is -0.493 e. The fraction of sp³-hybridized carbons (Fsp3) is 0.288. The van der Waals surface area contributed by atoms with Crippen LogP contribution in [0.1, 0.15) is 22.3 Å². The summed E-state index contributed by atoms with van der Waals surface area (Å²) in [6.45, 7) is 14.1. The number of nitrogens with one attached hydrogen (secondary N) is 5. The SMILES string of the molecule is CN1CCN(c2nc(Nc3ccc(P(C)(C)=O)cc3)ncc2C(F)(F)F)CC1.COc1ccc(Nc2nc(Nc3ccc(P(C)(C)=O)cc3)ncc2C(F)(F)F)cc1OC.Cc1cccc(Nc2nc(Nc3ccc(P(C)(C)=O)cc3)ncc2C(F)(F)F)c1. The fourth-order valence-corrected chi connectivity index (χ4v) is 11.0. The number of hydrogen-bond acceptors (Lipinski definition) is 18. The summed E-state index contributed by atoms with van der Waals surface area (Å²) in [7, 11) is -2.36. The highest BCUT2D eigenvalue weighted by molar-refractivity contribution is 7.70. The van der Waals surface area contributed by atoms with Crippen LogP contribution < -0.4 is 56.9 Å². The predicted molar refractivity (Wildman–Crippen MR) is 335 cm³/mol. The Morgan fingerprint density at radius 1 is 0.438 bits per heavy atom. The first kappa shape index (κ1) is 68.3. The van der Waals surface area contributed by atoms with Gasteiger partial charge in [0.2, 0.25) is 17.8 Å². The van der Waals surface area contributed by atoms with Crippen LogP contribution in [0.5, 0.6) is 11.5 Å². The van der Waals surface area contributed by atoms with Crippen LogP contribution in [0.2, 0.25) is 0 Å². The van der Waals surface area contributed by atoms with Crippen LogP contribution in [0.25, 0.3) is 0 Å². The molecule has 0 radical (unpaired) electrons. The first-order valence-corrected chi connectivity index (χ1v) is 34.7. The molecule has 0 aliphatic carbocycles. The summed E-state index contributed by atoms with van der Waals surface area (Å²) in [6, 6.07) is 32.0. The van der Waals surface area contributed by atoms with Gasteiger partial charge in [-0.15, -0.1) is 0 Å². The molecular formula is C59H65F9N13O5P3. The summed E-state index contributed by atoms with van der Waals surface area (Å²) < 4.78 is 168. The lowest BCUT2D eigenvalue weighted by Crippen LogP contribution is -2.45. The number of halogens is 9. The zero-order valence-electron chi connectivity index (χ0n) is 49.9. The topological polar surface area (TPSA) is 214 Å². The first-order chi connectivity index (χ1) is 41.6. The lowest BCUT2D eigenvalue weighted by atomic mass is 10.2. The summed E-state index contributed by atoms with van der Waals surface area (Å²) in [5, 5.41) is 16.2. The fourth-order valence-electron chi connectivity index (χ4n) is 8.39. The number of rotatable bonds is 16. The Morgan fingerprint density at radius 3 is 1.16 bits per heavy atom. The number of benzene rings is 5. The molecule has 18 nitrogen and oxygen atoms in total. The molecule has 0 saturated carbocycles. The number of aryl methyl sites for hydroxylation is 1. The van der Waals surface area contributed by atoms with Crippen molar-refractivity contribution < 1.29 is 62.7 Å². The van der Waals surface area contributed by atoms with Crippen LogP contribution in [0.15, 0.2) is 134 Å². The third-order valence-electron chi connectivity index (χ3n) is 13.2. The number of nitrogens with zero attached hydrogens (tertiary/aromatic N) is 8. The van der Waals surface area contributed by atoms with E-state index in [1.54, 1.807) is 148 Å². The van der Waals surface area contributed by atoms with Crippen LogP contribution in [0.4, 0.5) is 103 Å². The van der Waals surface area contributed by atoms with Gasteiger partial charge < -0.3 is 59.6 Å². The van der Waals surface area contributed by atoms with Gasteiger partial charge in [-0.1, -0.05) is 12.1 Å². The van der Waals surface area contributed by atoms with E-state index < -0.39 is 62.5 Å². The van der Waals surface area contributed by atoms with Gasteiger partial charge in [0.25, 0.3) is 0 Å². The summed E-state index contributed by atoms with van der Waals surface area (Å²) in [5.41, 5.74) is 0.624. The lowest BCUT2D eigenvalue weighted by molar-refractivity contribution is -0.138. The van der Waals surface area contributed by atoms with E-state index in [-0.39, 0.29) is 29.5 Å². The Kier molecular flexibility index (Phi) is 21.5. The molecule has 8 aromatic rings. The molecule has 0 bridgehead atoms. The van der Waals surface area contributed by atoms with Crippen LogP contribution >= 0.6 is 21.4 Å². The highest BCUT2D eigenvalue weighted by Gasteiger charge is 2.39.